The third kappa shape index (κ3) is 2.15. The molecule has 0 bridgehead atoms. The van der Waals surface area contributed by atoms with Gasteiger partial charge in [0.2, 0.25) is 0 Å². The molecule has 5 aromatic rings. The van der Waals surface area contributed by atoms with E-state index < -0.39 is 0 Å². The number of nitrogens with zero attached hydrogens (tertiary/aromatic N) is 1. The number of hydrogen-bond donors (Lipinski definition) is 0. The van der Waals surface area contributed by atoms with E-state index in [1.54, 1.807) is 0 Å². The minimum Gasteiger partial charge on any atom is -0.308 e. The van der Waals surface area contributed by atoms with Crippen LogP contribution >= 0.6 is 15.9 Å². The van der Waals surface area contributed by atoms with Gasteiger partial charge in [0.15, 0.2) is 0 Å². The van der Waals surface area contributed by atoms with Gasteiger partial charge in [-0.05, 0) is 56.4 Å². The van der Waals surface area contributed by atoms with E-state index in [0.717, 1.165) is 4.47 Å². The average molecular weight is 438 g/mol. The van der Waals surface area contributed by atoms with Crippen molar-refractivity contribution in [2.24, 2.45) is 0 Å². The number of fused-ring (bicyclic) bond motifs is 6. The highest BCUT2D eigenvalue weighted by atomic mass is 79.9. The Labute approximate surface area is 178 Å². The van der Waals surface area contributed by atoms with Gasteiger partial charge in [0.05, 0.1) is 16.7 Å². The van der Waals surface area contributed by atoms with Gasteiger partial charge >= 0.3 is 0 Å². The highest BCUT2D eigenvalue weighted by Crippen LogP contribution is 2.53. The zero-order valence-electron chi connectivity index (χ0n) is 16.4. The first kappa shape index (κ1) is 17.1. The molecule has 140 valence electrons. The molecule has 1 aliphatic rings. The minimum absolute atomic E-state index is 0.0719. The first-order chi connectivity index (χ1) is 14.1. The van der Waals surface area contributed by atoms with Gasteiger partial charge in [-0.2, -0.15) is 0 Å². The Morgan fingerprint density at radius 1 is 0.655 bits per heavy atom. The zero-order chi connectivity index (χ0) is 19.8. The summed E-state index contributed by atoms with van der Waals surface area (Å²) in [6.07, 6.45) is 0. The summed E-state index contributed by atoms with van der Waals surface area (Å²) in [5.74, 6) is 0. The van der Waals surface area contributed by atoms with Crippen LogP contribution in [0.2, 0.25) is 0 Å². The van der Waals surface area contributed by atoms with Crippen LogP contribution in [0.3, 0.4) is 0 Å². The summed E-state index contributed by atoms with van der Waals surface area (Å²) in [5, 5.41) is 2.59. The molecule has 2 heteroatoms. The molecule has 0 amide bonds. The molecule has 1 aliphatic carbocycles. The molecule has 0 saturated carbocycles. The minimum atomic E-state index is -0.0719. The first-order valence-electron chi connectivity index (χ1n) is 10.0. The summed E-state index contributed by atoms with van der Waals surface area (Å²) in [5.41, 5.74) is 9.14. The van der Waals surface area contributed by atoms with Crippen LogP contribution in [0.5, 0.6) is 0 Å². The maximum atomic E-state index is 3.92. The third-order valence-corrected chi connectivity index (χ3v) is 7.09. The van der Waals surface area contributed by atoms with Crippen molar-refractivity contribution in [3.05, 3.63) is 101 Å². The number of benzene rings is 4. The van der Waals surface area contributed by atoms with E-state index in [1.165, 1.54) is 49.7 Å². The van der Waals surface area contributed by atoms with Crippen LogP contribution in [0, 0.1) is 0 Å². The lowest BCUT2D eigenvalue weighted by atomic mass is 9.81. The van der Waals surface area contributed by atoms with E-state index in [4.69, 9.17) is 0 Å². The van der Waals surface area contributed by atoms with Gasteiger partial charge in [-0.1, -0.05) is 80.6 Å². The van der Waals surface area contributed by atoms with Crippen LogP contribution in [0.1, 0.15) is 25.0 Å². The lowest BCUT2D eigenvalue weighted by Crippen LogP contribution is -2.18. The number of aromatic nitrogens is 1. The van der Waals surface area contributed by atoms with Crippen molar-refractivity contribution in [2.45, 2.75) is 19.3 Å². The molecule has 0 spiro atoms. The fraction of sp³-hybridized carbons (Fsp3) is 0.111. The summed E-state index contributed by atoms with van der Waals surface area (Å²) in [6.45, 7) is 4.70. The van der Waals surface area contributed by atoms with Gasteiger partial charge in [0.25, 0.3) is 0 Å². The lowest BCUT2D eigenvalue weighted by molar-refractivity contribution is 0.656. The summed E-state index contributed by atoms with van der Waals surface area (Å²) < 4.78 is 3.57. The lowest BCUT2D eigenvalue weighted by Gasteiger charge is -2.26. The van der Waals surface area contributed by atoms with Crippen molar-refractivity contribution in [3.8, 4) is 16.8 Å². The summed E-state index contributed by atoms with van der Waals surface area (Å²) in [4.78, 5) is 0. The number of halogens is 1. The van der Waals surface area contributed by atoms with E-state index in [0.29, 0.717) is 0 Å². The quantitative estimate of drug-likeness (QED) is 0.251. The van der Waals surface area contributed by atoms with E-state index in [2.05, 4.69) is 119 Å². The Kier molecular flexibility index (Phi) is 3.43. The van der Waals surface area contributed by atoms with Crippen molar-refractivity contribution in [2.75, 3.05) is 0 Å². The molecule has 6 rings (SSSR count). The third-order valence-electron chi connectivity index (χ3n) is 6.45. The SMILES string of the molecule is CC1(C)c2ccccc2-c2ccc(Br)c(-n3c4ccccc4c4ccccc43)c21. The highest BCUT2D eigenvalue weighted by Gasteiger charge is 2.38. The van der Waals surface area contributed by atoms with Crippen molar-refractivity contribution in [3.63, 3.8) is 0 Å². The van der Waals surface area contributed by atoms with Crippen molar-refractivity contribution in [1.82, 2.24) is 4.57 Å². The van der Waals surface area contributed by atoms with Crippen LogP contribution < -0.4 is 0 Å². The van der Waals surface area contributed by atoms with Gasteiger partial charge in [-0.3, -0.25) is 0 Å². The molecule has 1 nitrogen and oxygen atoms in total. The predicted octanol–water partition coefficient (Wildman–Crippen LogP) is 7.85. The first-order valence-corrected chi connectivity index (χ1v) is 10.8. The second kappa shape index (κ2) is 5.84. The Bertz CT molecular complexity index is 1380. The fourth-order valence-corrected chi connectivity index (χ4v) is 5.71. The molecule has 4 aromatic carbocycles. The molecule has 0 saturated heterocycles. The van der Waals surface area contributed by atoms with Crippen LogP contribution in [-0.2, 0) is 5.41 Å². The number of hydrogen-bond acceptors (Lipinski definition) is 0. The van der Waals surface area contributed by atoms with E-state index in [9.17, 15) is 0 Å². The zero-order valence-corrected chi connectivity index (χ0v) is 18.0. The molecular weight excluding hydrogens is 418 g/mol. The Morgan fingerprint density at radius 2 is 1.24 bits per heavy atom. The largest absolute Gasteiger partial charge is 0.308 e. The van der Waals surface area contributed by atoms with Crippen LogP contribution in [0.25, 0.3) is 38.6 Å². The molecule has 0 unspecified atom stereocenters. The monoisotopic (exact) mass is 437 g/mol. The van der Waals surface area contributed by atoms with Crippen molar-refractivity contribution < 1.29 is 0 Å². The van der Waals surface area contributed by atoms with Crippen LogP contribution in [0.4, 0.5) is 0 Å². The molecule has 0 radical (unpaired) electrons. The Balaban J connectivity index is 1.82. The van der Waals surface area contributed by atoms with Crippen molar-refractivity contribution in [1.29, 1.82) is 0 Å². The molecule has 1 aromatic heterocycles. The number of para-hydroxylation sites is 2. The van der Waals surface area contributed by atoms with Gasteiger partial charge in [0.1, 0.15) is 0 Å². The van der Waals surface area contributed by atoms with E-state index in [1.807, 2.05) is 0 Å². The fourth-order valence-electron chi connectivity index (χ4n) is 5.20. The second-order valence-electron chi connectivity index (χ2n) is 8.36. The highest BCUT2D eigenvalue weighted by molar-refractivity contribution is 9.10. The van der Waals surface area contributed by atoms with Gasteiger partial charge in [0, 0.05) is 20.7 Å². The smallest absolute Gasteiger partial charge is 0.0651 e. The normalized spacial score (nSPS) is 14.3. The van der Waals surface area contributed by atoms with Crippen molar-refractivity contribution >= 4 is 37.7 Å². The molecule has 0 N–H and O–H groups in total. The summed E-state index contributed by atoms with van der Waals surface area (Å²) in [7, 11) is 0. The van der Waals surface area contributed by atoms with Gasteiger partial charge < -0.3 is 4.57 Å². The Morgan fingerprint density at radius 3 is 1.93 bits per heavy atom. The van der Waals surface area contributed by atoms with Crippen LogP contribution in [-0.4, -0.2) is 4.57 Å². The topological polar surface area (TPSA) is 4.93 Å². The van der Waals surface area contributed by atoms with Gasteiger partial charge in [-0.15, -0.1) is 0 Å². The molecule has 29 heavy (non-hydrogen) atoms. The maximum Gasteiger partial charge on any atom is 0.0651 e. The van der Waals surface area contributed by atoms with Gasteiger partial charge in [-0.25, -0.2) is 0 Å². The Hall–Kier alpha value is -2.84. The average Bonchev–Trinajstić information content (AvgIpc) is 3.19. The molecule has 0 atom stereocenters. The predicted molar refractivity (Wildman–Crippen MR) is 126 cm³/mol. The van der Waals surface area contributed by atoms with Crippen LogP contribution in [0.15, 0.2) is 89.4 Å². The summed E-state index contributed by atoms with van der Waals surface area (Å²) in [6, 6.07) is 30.7. The summed E-state index contributed by atoms with van der Waals surface area (Å²) >= 11 is 3.92. The maximum absolute atomic E-state index is 3.92. The second-order valence-corrected chi connectivity index (χ2v) is 9.21. The van der Waals surface area contributed by atoms with E-state index >= 15 is 0 Å². The van der Waals surface area contributed by atoms with E-state index in [-0.39, 0.29) is 5.41 Å². The molecule has 0 fully saturated rings. The number of rotatable bonds is 1. The molecular formula is C27H20BrN. The molecule has 0 aliphatic heterocycles. The standard InChI is InChI=1S/C27H20BrN/c1-27(2)21-12-6-3-9-17(21)20-15-16-22(28)26(25(20)27)29-23-13-7-4-10-18(23)19-11-5-8-14-24(19)29/h3-16H,1-2H3. The molecule has 1 heterocycles.